The van der Waals surface area contributed by atoms with E-state index in [9.17, 15) is 14.9 Å². The van der Waals surface area contributed by atoms with Gasteiger partial charge in [0, 0.05) is 18.2 Å². The Morgan fingerprint density at radius 1 is 1.10 bits per heavy atom. The number of methoxy groups -OCH3 is 2. The summed E-state index contributed by atoms with van der Waals surface area (Å²) in [4.78, 5) is 23.2. The molecule has 0 aliphatic carbocycles. The Hall–Kier alpha value is -3.72. The molecule has 0 aliphatic heterocycles. The van der Waals surface area contributed by atoms with Gasteiger partial charge in [0.15, 0.2) is 11.5 Å². The second-order valence-electron chi connectivity index (χ2n) is 6.42. The summed E-state index contributed by atoms with van der Waals surface area (Å²) in [6, 6.07) is 10.7. The van der Waals surface area contributed by atoms with Gasteiger partial charge in [-0.15, -0.1) is 0 Å². The molecule has 10 heteroatoms. The van der Waals surface area contributed by atoms with Gasteiger partial charge < -0.3 is 23.9 Å². The van der Waals surface area contributed by atoms with Crippen molar-refractivity contribution in [3.8, 4) is 17.2 Å². The zero-order chi connectivity index (χ0) is 22.5. The van der Waals surface area contributed by atoms with Gasteiger partial charge in [-0.1, -0.05) is 17.7 Å². The van der Waals surface area contributed by atoms with Crippen molar-refractivity contribution >= 4 is 28.9 Å². The highest BCUT2D eigenvalue weighted by atomic mass is 35.5. The first kappa shape index (κ1) is 22.0. The van der Waals surface area contributed by atoms with Crippen LogP contribution in [-0.4, -0.2) is 25.1 Å². The molecular formula is C21H19ClN2O7. The van der Waals surface area contributed by atoms with E-state index in [4.69, 9.17) is 30.2 Å². The number of anilines is 1. The minimum Gasteiger partial charge on any atom is -0.495 e. The van der Waals surface area contributed by atoms with Crippen LogP contribution in [0.4, 0.5) is 11.4 Å². The number of furan rings is 1. The molecular weight excluding hydrogens is 428 g/mol. The summed E-state index contributed by atoms with van der Waals surface area (Å²) in [7, 11) is 2.90. The predicted molar refractivity (Wildman–Crippen MR) is 113 cm³/mol. The lowest BCUT2D eigenvalue weighted by molar-refractivity contribution is -0.386. The maximum Gasteiger partial charge on any atom is 0.311 e. The fourth-order valence-electron chi connectivity index (χ4n) is 2.76. The van der Waals surface area contributed by atoms with Crippen LogP contribution in [0, 0.1) is 17.0 Å². The van der Waals surface area contributed by atoms with E-state index >= 15 is 0 Å². The molecule has 3 aromatic rings. The fourth-order valence-corrected chi connectivity index (χ4v) is 2.99. The number of benzene rings is 2. The SMILES string of the molecule is COc1cc(NC(=O)c2ccc(COc3ccc(C)cc3[N+](=O)[O-])o2)c(OC)cc1Cl. The quantitative estimate of drug-likeness (QED) is 0.382. The average Bonchev–Trinajstić information content (AvgIpc) is 3.22. The van der Waals surface area contributed by atoms with Crippen LogP contribution in [0.3, 0.4) is 0 Å². The lowest BCUT2D eigenvalue weighted by atomic mass is 10.2. The molecule has 0 fully saturated rings. The van der Waals surface area contributed by atoms with E-state index in [0.717, 1.165) is 5.56 Å². The molecule has 1 aromatic heterocycles. The molecule has 0 saturated carbocycles. The molecule has 3 rings (SSSR count). The Kier molecular flexibility index (Phi) is 6.66. The Morgan fingerprint density at radius 3 is 2.52 bits per heavy atom. The smallest absolute Gasteiger partial charge is 0.311 e. The third kappa shape index (κ3) is 5.07. The van der Waals surface area contributed by atoms with Crippen LogP contribution >= 0.6 is 11.6 Å². The first-order valence-corrected chi connectivity index (χ1v) is 9.39. The van der Waals surface area contributed by atoms with Crippen LogP contribution in [0.5, 0.6) is 17.2 Å². The molecule has 0 radical (unpaired) electrons. The summed E-state index contributed by atoms with van der Waals surface area (Å²) >= 11 is 6.07. The van der Waals surface area contributed by atoms with Gasteiger partial charge in [-0.2, -0.15) is 0 Å². The van der Waals surface area contributed by atoms with Crippen molar-refractivity contribution in [2.75, 3.05) is 19.5 Å². The molecule has 0 saturated heterocycles. The highest BCUT2D eigenvalue weighted by molar-refractivity contribution is 6.32. The molecule has 9 nitrogen and oxygen atoms in total. The van der Waals surface area contributed by atoms with E-state index in [1.54, 1.807) is 19.1 Å². The Labute approximate surface area is 182 Å². The van der Waals surface area contributed by atoms with Crippen LogP contribution in [0.15, 0.2) is 46.9 Å². The van der Waals surface area contributed by atoms with Crippen molar-refractivity contribution in [3.63, 3.8) is 0 Å². The number of hydrogen-bond donors (Lipinski definition) is 1. The summed E-state index contributed by atoms with van der Waals surface area (Å²) < 4.78 is 21.4. The van der Waals surface area contributed by atoms with Crippen molar-refractivity contribution in [1.82, 2.24) is 0 Å². The topological polar surface area (TPSA) is 113 Å². The highest BCUT2D eigenvalue weighted by Crippen LogP contribution is 2.36. The van der Waals surface area contributed by atoms with Gasteiger partial charge in [0.05, 0.1) is 29.9 Å². The summed E-state index contributed by atoms with van der Waals surface area (Å²) in [6.07, 6.45) is 0. The fraction of sp³-hybridized carbons (Fsp3) is 0.190. The Bertz CT molecular complexity index is 1130. The minimum absolute atomic E-state index is 0.0213. The Balaban J connectivity index is 1.72. The second-order valence-corrected chi connectivity index (χ2v) is 6.83. The highest BCUT2D eigenvalue weighted by Gasteiger charge is 2.18. The van der Waals surface area contributed by atoms with E-state index in [-0.39, 0.29) is 23.8 Å². The molecule has 0 spiro atoms. The maximum atomic E-state index is 12.6. The molecule has 162 valence electrons. The summed E-state index contributed by atoms with van der Waals surface area (Å²) in [5.41, 5.74) is 0.941. The lowest BCUT2D eigenvalue weighted by Crippen LogP contribution is -2.12. The number of amides is 1. The molecule has 31 heavy (non-hydrogen) atoms. The molecule has 1 N–H and O–H groups in total. The van der Waals surface area contributed by atoms with E-state index in [0.29, 0.717) is 28.0 Å². The standard InChI is InChI=1S/C21H19ClN2O7/c1-12-4-6-17(16(8-12)24(26)27)30-11-13-5-7-18(31-13)21(25)23-15-10-19(28-2)14(22)9-20(15)29-3/h4-10H,11H2,1-3H3,(H,23,25). The molecule has 0 atom stereocenters. The summed E-state index contributed by atoms with van der Waals surface area (Å²) in [5, 5.41) is 14.2. The van der Waals surface area contributed by atoms with Gasteiger partial charge in [-0.25, -0.2) is 0 Å². The molecule has 1 amide bonds. The number of nitrogens with zero attached hydrogens (tertiary/aromatic N) is 1. The van der Waals surface area contributed by atoms with Crippen molar-refractivity contribution in [2.45, 2.75) is 13.5 Å². The molecule has 2 aromatic carbocycles. The van der Waals surface area contributed by atoms with Crippen molar-refractivity contribution in [1.29, 1.82) is 0 Å². The van der Waals surface area contributed by atoms with Gasteiger partial charge >= 0.3 is 5.69 Å². The second kappa shape index (κ2) is 9.40. The van der Waals surface area contributed by atoms with Crippen molar-refractivity contribution in [3.05, 3.63) is 74.7 Å². The van der Waals surface area contributed by atoms with E-state index in [1.165, 1.54) is 44.6 Å². The first-order chi connectivity index (χ1) is 14.8. The van der Waals surface area contributed by atoms with Crippen LogP contribution in [-0.2, 0) is 6.61 Å². The minimum atomic E-state index is -0.532. The summed E-state index contributed by atoms with van der Waals surface area (Å²) in [5.74, 6) is 0.631. The van der Waals surface area contributed by atoms with Crippen molar-refractivity contribution < 1.29 is 28.3 Å². The van der Waals surface area contributed by atoms with Crippen molar-refractivity contribution in [2.24, 2.45) is 0 Å². The molecule has 1 heterocycles. The average molecular weight is 447 g/mol. The van der Waals surface area contributed by atoms with E-state index < -0.39 is 10.8 Å². The normalized spacial score (nSPS) is 10.5. The third-order valence-electron chi connectivity index (χ3n) is 4.29. The number of hydrogen-bond acceptors (Lipinski definition) is 7. The summed E-state index contributed by atoms with van der Waals surface area (Å²) in [6.45, 7) is 1.66. The number of carbonyl (C=O) groups excluding carboxylic acids is 1. The predicted octanol–water partition coefficient (Wildman–Crippen LogP) is 5.00. The van der Waals surface area contributed by atoms with Gasteiger partial charge in [0.2, 0.25) is 0 Å². The number of nitro benzene ring substituents is 1. The van der Waals surface area contributed by atoms with Gasteiger partial charge in [0.1, 0.15) is 23.9 Å². The number of halogens is 1. The van der Waals surface area contributed by atoms with Gasteiger partial charge in [-0.3, -0.25) is 14.9 Å². The van der Waals surface area contributed by atoms with Gasteiger partial charge in [0.25, 0.3) is 5.91 Å². The van der Waals surface area contributed by atoms with Crippen LogP contribution in [0.25, 0.3) is 0 Å². The monoisotopic (exact) mass is 446 g/mol. The van der Waals surface area contributed by atoms with Crippen LogP contribution in [0.1, 0.15) is 21.9 Å². The molecule has 0 bridgehead atoms. The first-order valence-electron chi connectivity index (χ1n) is 9.01. The molecule has 0 unspecified atom stereocenters. The Morgan fingerprint density at radius 2 is 1.84 bits per heavy atom. The zero-order valence-corrected chi connectivity index (χ0v) is 17.7. The van der Waals surface area contributed by atoms with Crippen LogP contribution < -0.4 is 19.5 Å². The number of aryl methyl sites for hydroxylation is 1. The number of nitro groups is 1. The number of carbonyl (C=O) groups is 1. The maximum absolute atomic E-state index is 12.6. The lowest BCUT2D eigenvalue weighted by Gasteiger charge is -2.12. The number of nitrogens with one attached hydrogen (secondary N) is 1. The third-order valence-corrected chi connectivity index (χ3v) is 4.58. The van der Waals surface area contributed by atoms with Crippen LogP contribution in [0.2, 0.25) is 5.02 Å². The molecule has 0 aliphatic rings. The number of ether oxygens (including phenoxy) is 3. The van der Waals surface area contributed by atoms with E-state index in [1.807, 2.05) is 0 Å². The van der Waals surface area contributed by atoms with E-state index in [2.05, 4.69) is 5.32 Å². The number of rotatable bonds is 8. The zero-order valence-electron chi connectivity index (χ0n) is 16.9. The largest absolute Gasteiger partial charge is 0.495 e. The van der Waals surface area contributed by atoms with Gasteiger partial charge in [-0.05, 0) is 30.7 Å².